The van der Waals surface area contributed by atoms with E-state index in [1.807, 2.05) is 13.8 Å². The molecule has 4 heteroatoms. The van der Waals surface area contributed by atoms with Crippen molar-refractivity contribution in [2.24, 2.45) is 0 Å². The Labute approximate surface area is 92.0 Å². The van der Waals surface area contributed by atoms with Gasteiger partial charge in [0.05, 0.1) is 18.8 Å². The Hall–Kier alpha value is -0.610. The molecule has 15 heavy (non-hydrogen) atoms. The van der Waals surface area contributed by atoms with E-state index in [-0.39, 0.29) is 12.5 Å². The van der Waals surface area contributed by atoms with Crippen LogP contribution in [-0.2, 0) is 9.53 Å². The van der Waals surface area contributed by atoms with Gasteiger partial charge in [0.2, 0.25) is 0 Å². The van der Waals surface area contributed by atoms with Crippen LogP contribution in [0.4, 0.5) is 0 Å². The zero-order chi connectivity index (χ0) is 11.7. The summed E-state index contributed by atoms with van der Waals surface area (Å²) in [6.07, 6.45) is 2.58. The zero-order valence-corrected chi connectivity index (χ0v) is 10.0. The van der Waals surface area contributed by atoms with E-state index in [9.17, 15) is 9.90 Å². The average molecular weight is 217 g/mol. The van der Waals surface area contributed by atoms with E-state index in [1.165, 1.54) is 0 Å². The van der Waals surface area contributed by atoms with Crippen molar-refractivity contribution in [2.75, 3.05) is 19.7 Å². The molecular weight excluding hydrogens is 194 g/mol. The lowest BCUT2D eigenvalue weighted by Gasteiger charge is -2.21. The molecule has 0 spiro atoms. The Balaban J connectivity index is 3.46. The fraction of sp³-hybridized carbons (Fsp3) is 0.909. The van der Waals surface area contributed by atoms with Crippen molar-refractivity contribution in [2.45, 2.75) is 45.6 Å². The highest BCUT2D eigenvalue weighted by Crippen LogP contribution is 2.05. The Morgan fingerprint density at radius 1 is 1.47 bits per heavy atom. The van der Waals surface area contributed by atoms with E-state index < -0.39 is 5.60 Å². The minimum atomic E-state index is -0.746. The third-order valence-corrected chi connectivity index (χ3v) is 2.30. The van der Waals surface area contributed by atoms with Crippen LogP contribution in [-0.4, -0.2) is 36.4 Å². The third-order valence-electron chi connectivity index (χ3n) is 2.30. The summed E-state index contributed by atoms with van der Waals surface area (Å²) in [7, 11) is 0. The van der Waals surface area contributed by atoms with Gasteiger partial charge < -0.3 is 15.2 Å². The topological polar surface area (TPSA) is 58.6 Å². The summed E-state index contributed by atoms with van der Waals surface area (Å²) in [6.45, 7) is 6.75. The Morgan fingerprint density at radius 3 is 2.67 bits per heavy atom. The monoisotopic (exact) mass is 217 g/mol. The lowest BCUT2D eigenvalue weighted by atomic mass is 10.0. The lowest BCUT2D eigenvalue weighted by molar-refractivity contribution is -0.142. The molecule has 90 valence electrons. The first-order valence-electron chi connectivity index (χ1n) is 5.60. The first kappa shape index (κ1) is 14.4. The van der Waals surface area contributed by atoms with Crippen LogP contribution >= 0.6 is 0 Å². The van der Waals surface area contributed by atoms with Gasteiger partial charge in [-0.1, -0.05) is 20.3 Å². The van der Waals surface area contributed by atoms with Crippen molar-refractivity contribution in [3.63, 3.8) is 0 Å². The fourth-order valence-electron chi connectivity index (χ4n) is 0.940. The number of ether oxygens (including phenoxy) is 1. The highest BCUT2D eigenvalue weighted by atomic mass is 16.5. The number of carbonyl (C=O) groups excluding carboxylic acids is 1. The number of rotatable bonds is 8. The summed E-state index contributed by atoms with van der Waals surface area (Å²) in [5, 5.41) is 12.5. The van der Waals surface area contributed by atoms with E-state index in [0.29, 0.717) is 19.6 Å². The number of hydrogen-bond donors (Lipinski definition) is 2. The van der Waals surface area contributed by atoms with Gasteiger partial charge in [0.1, 0.15) is 0 Å². The molecule has 0 saturated carbocycles. The normalized spacial score (nSPS) is 14.7. The molecule has 0 aromatic carbocycles. The van der Waals surface area contributed by atoms with Gasteiger partial charge in [-0.25, -0.2) is 0 Å². The van der Waals surface area contributed by atoms with Gasteiger partial charge >= 0.3 is 5.97 Å². The Bertz CT molecular complexity index is 181. The van der Waals surface area contributed by atoms with Crippen LogP contribution in [0, 0.1) is 0 Å². The van der Waals surface area contributed by atoms with Crippen molar-refractivity contribution in [3.8, 4) is 0 Å². The smallest absolute Gasteiger partial charge is 0.319 e. The second kappa shape index (κ2) is 7.65. The van der Waals surface area contributed by atoms with Crippen LogP contribution < -0.4 is 5.32 Å². The van der Waals surface area contributed by atoms with E-state index in [1.54, 1.807) is 6.92 Å². The van der Waals surface area contributed by atoms with Crippen LogP contribution in [0.3, 0.4) is 0 Å². The van der Waals surface area contributed by atoms with E-state index >= 15 is 0 Å². The molecular formula is C11H23NO3. The van der Waals surface area contributed by atoms with Gasteiger partial charge in [0.15, 0.2) is 0 Å². The van der Waals surface area contributed by atoms with Crippen LogP contribution in [0.25, 0.3) is 0 Å². The minimum Gasteiger partial charge on any atom is -0.465 e. The van der Waals surface area contributed by atoms with Gasteiger partial charge in [-0.2, -0.15) is 0 Å². The summed E-state index contributed by atoms with van der Waals surface area (Å²) in [5.41, 5.74) is -0.746. The molecule has 0 aromatic rings. The summed E-state index contributed by atoms with van der Waals surface area (Å²) in [6, 6.07) is 0. The predicted octanol–water partition coefficient (Wildman–Crippen LogP) is 1.08. The van der Waals surface area contributed by atoms with Gasteiger partial charge in [-0.3, -0.25) is 4.79 Å². The van der Waals surface area contributed by atoms with Gasteiger partial charge in [-0.05, 0) is 19.8 Å². The largest absolute Gasteiger partial charge is 0.465 e. The first-order chi connectivity index (χ1) is 7.02. The highest BCUT2D eigenvalue weighted by Gasteiger charge is 2.17. The summed E-state index contributed by atoms with van der Waals surface area (Å²) >= 11 is 0. The molecule has 0 rings (SSSR count). The van der Waals surface area contributed by atoms with E-state index in [0.717, 1.165) is 12.8 Å². The molecule has 0 saturated heterocycles. The van der Waals surface area contributed by atoms with Crippen LogP contribution in [0.2, 0.25) is 0 Å². The van der Waals surface area contributed by atoms with Gasteiger partial charge in [0, 0.05) is 6.54 Å². The maximum absolute atomic E-state index is 11.1. The number of aliphatic hydroxyl groups is 1. The number of unbranched alkanes of at least 4 members (excludes halogenated alkanes) is 1. The quantitative estimate of drug-likeness (QED) is 0.472. The van der Waals surface area contributed by atoms with Crippen LogP contribution in [0.5, 0.6) is 0 Å². The standard InChI is InChI=1S/C11H23NO3/c1-4-6-7-15-10(13)8-12-9-11(3,14)5-2/h12,14H,4-9H2,1-3H3. The summed E-state index contributed by atoms with van der Waals surface area (Å²) in [4.78, 5) is 11.1. The molecule has 1 atom stereocenters. The molecule has 0 heterocycles. The lowest BCUT2D eigenvalue weighted by Crippen LogP contribution is -2.39. The second-order valence-electron chi connectivity index (χ2n) is 4.03. The second-order valence-corrected chi connectivity index (χ2v) is 4.03. The van der Waals surface area contributed by atoms with Gasteiger partial charge in [0.25, 0.3) is 0 Å². The summed E-state index contributed by atoms with van der Waals surface area (Å²) in [5.74, 6) is -0.254. The number of hydrogen-bond acceptors (Lipinski definition) is 4. The first-order valence-corrected chi connectivity index (χ1v) is 5.60. The minimum absolute atomic E-state index is 0.167. The Morgan fingerprint density at radius 2 is 2.13 bits per heavy atom. The molecule has 0 aliphatic carbocycles. The SMILES string of the molecule is CCCCOC(=O)CNCC(C)(O)CC. The third kappa shape index (κ3) is 8.39. The zero-order valence-electron chi connectivity index (χ0n) is 10.0. The molecule has 4 nitrogen and oxygen atoms in total. The van der Waals surface area contributed by atoms with Crippen molar-refractivity contribution in [1.82, 2.24) is 5.32 Å². The van der Waals surface area contributed by atoms with Crippen molar-refractivity contribution in [3.05, 3.63) is 0 Å². The Kier molecular flexibility index (Phi) is 7.34. The van der Waals surface area contributed by atoms with Crippen molar-refractivity contribution in [1.29, 1.82) is 0 Å². The van der Waals surface area contributed by atoms with E-state index in [2.05, 4.69) is 5.32 Å². The fourth-order valence-corrected chi connectivity index (χ4v) is 0.940. The van der Waals surface area contributed by atoms with E-state index in [4.69, 9.17) is 4.74 Å². The highest BCUT2D eigenvalue weighted by molar-refractivity contribution is 5.71. The number of nitrogens with one attached hydrogen (secondary N) is 1. The molecule has 1 unspecified atom stereocenters. The molecule has 0 bridgehead atoms. The summed E-state index contributed by atoms with van der Waals surface area (Å²) < 4.78 is 4.95. The van der Waals surface area contributed by atoms with Crippen molar-refractivity contribution < 1.29 is 14.6 Å². The van der Waals surface area contributed by atoms with Crippen LogP contribution in [0.15, 0.2) is 0 Å². The molecule has 0 aliphatic rings. The van der Waals surface area contributed by atoms with Crippen LogP contribution in [0.1, 0.15) is 40.0 Å². The molecule has 0 amide bonds. The molecule has 0 aliphatic heterocycles. The molecule has 0 fully saturated rings. The van der Waals surface area contributed by atoms with Crippen molar-refractivity contribution >= 4 is 5.97 Å². The number of carbonyl (C=O) groups is 1. The molecule has 0 aromatic heterocycles. The predicted molar refractivity (Wildman–Crippen MR) is 59.7 cm³/mol. The maximum atomic E-state index is 11.1. The number of esters is 1. The molecule has 0 radical (unpaired) electrons. The average Bonchev–Trinajstić information content (AvgIpc) is 2.18. The van der Waals surface area contributed by atoms with Gasteiger partial charge in [-0.15, -0.1) is 0 Å². The molecule has 2 N–H and O–H groups in total. The maximum Gasteiger partial charge on any atom is 0.319 e.